The second-order valence-corrected chi connectivity index (χ2v) is 5.82. The summed E-state index contributed by atoms with van der Waals surface area (Å²) in [5.74, 6) is 2.69. The highest BCUT2D eigenvalue weighted by atomic mass is 15.2. The van der Waals surface area contributed by atoms with E-state index in [1.807, 2.05) is 19.4 Å². The van der Waals surface area contributed by atoms with Crippen molar-refractivity contribution in [2.24, 2.45) is 11.8 Å². The molecule has 1 aliphatic rings. The zero-order valence-corrected chi connectivity index (χ0v) is 12.4. The number of anilines is 1. The van der Waals surface area contributed by atoms with E-state index < -0.39 is 0 Å². The van der Waals surface area contributed by atoms with Gasteiger partial charge in [0.1, 0.15) is 5.82 Å². The van der Waals surface area contributed by atoms with Crippen molar-refractivity contribution in [3.05, 3.63) is 18.1 Å². The molecule has 0 aliphatic carbocycles. The number of hydrogen-bond donors (Lipinski definition) is 1. The summed E-state index contributed by atoms with van der Waals surface area (Å²) in [6, 6.07) is 0. The molecule has 1 N–H and O–H groups in total. The first-order valence-electron chi connectivity index (χ1n) is 7.41. The Morgan fingerprint density at radius 2 is 2.16 bits per heavy atom. The van der Waals surface area contributed by atoms with E-state index in [0.29, 0.717) is 0 Å². The van der Waals surface area contributed by atoms with Gasteiger partial charge in [0.25, 0.3) is 0 Å². The summed E-state index contributed by atoms with van der Waals surface area (Å²) in [6.45, 7) is 7.69. The van der Waals surface area contributed by atoms with Gasteiger partial charge in [-0.15, -0.1) is 0 Å². The Balaban J connectivity index is 2.03. The Hall–Kier alpha value is -1.16. The standard InChI is InChI=1S/C15H26N4/c1-12(2)13-5-4-7-19(8-6-13)15-11-17-10-14(18-15)9-16-3/h10-13,16H,4-9H2,1-3H3. The van der Waals surface area contributed by atoms with Crippen molar-refractivity contribution in [3.8, 4) is 0 Å². The van der Waals surface area contributed by atoms with Crippen LogP contribution in [0.3, 0.4) is 0 Å². The van der Waals surface area contributed by atoms with Gasteiger partial charge in [0.15, 0.2) is 0 Å². The summed E-state index contributed by atoms with van der Waals surface area (Å²) in [5, 5.41) is 3.13. The van der Waals surface area contributed by atoms with Crippen molar-refractivity contribution in [2.45, 2.75) is 39.7 Å². The Bertz CT molecular complexity index is 391. The topological polar surface area (TPSA) is 41.1 Å². The summed E-state index contributed by atoms with van der Waals surface area (Å²) in [6.07, 6.45) is 7.62. The molecule has 4 nitrogen and oxygen atoms in total. The molecule has 4 heteroatoms. The van der Waals surface area contributed by atoms with Gasteiger partial charge in [-0.1, -0.05) is 13.8 Å². The summed E-state index contributed by atoms with van der Waals surface area (Å²) in [7, 11) is 1.94. The van der Waals surface area contributed by atoms with E-state index in [9.17, 15) is 0 Å². The summed E-state index contributed by atoms with van der Waals surface area (Å²) in [5.41, 5.74) is 1.02. The molecule has 1 aromatic heterocycles. The maximum absolute atomic E-state index is 4.70. The van der Waals surface area contributed by atoms with Gasteiger partial charge in [0, 0.05) is 25.8 Å². The molecule has 0 amide bonds. The fourth-order valence-corrected chi connectivity index (χ4v) is 2.83. The van der Waals surface area contributed by atoms with Gasteiger partial charge in [-0.2, -0.15) is 0 Å². The molecule has 1 fully saturated rings. The third-order valence-electron chi connectivity index (χ3n) is 4.07. The Morgan fingerprint density at radius 3 is 2.89 bits per heavy atom. The van der Waals surface area contributed by atoms with Gasteiger partial charge >= 0.3 is 0 Å². The third kappa shape index (κ3) is 3.90. The first-order chi connectivity index (χ1) is 9.20. The molecule has 1 aromatic rings. The van der Waals surface area contributed by atoms with Crippen LogP contribution in [0.15, 0.2) is 12.4 Å². The predicted molar refractivity (Wildman–Crippen MR) is 79.2 cm³/mol. The monoisotopic (exact) mass is 262 g/mol. The van der Waals surface area contributed by atoms with Crippen molar-refractivity contribution in [3.63, 3.8) is 0 Å². The highest BCUT2D eigenvalue weighted by Crippen LogP contribution is 2.26. The molecule has 0 bridgehead atoms. The van der Waals surface area contributed by atoms with Crippen LogP contribution < -0.4 is 10.2 Å². The number of hydrogen-bond acceptors (Lipinski definition) is 4. The zero-order chi connectivity index (χ0) is 13.7. The molecule has 0 radical (unpaired) electrons. The number of nitrogens with one attached hydrogen (secondary N) is 1. The lowest BCUT2D eigenvalue weighted by atomic mass is 9.89. The van der Waals surface area contributed by atoms with E-state index >= 15 is 0 Å². The summed E-state index contributed by atoms with van der Waals surface area (Å²) in [4.78, 5) is 11.4. The normalized spacial score (nSPS) is 20.6. The van der Waals surface area contributed by atoms with E-state index in [-0.39, 0.29) is 0 Å². The van der Waals surface area contributed by atoms with Crippen LogP contribution in [-0.2, 0) is 6.54 Å². The largest absolute Gasteiger partial charge is 0.355 e. The zero-order valence-electron chi connectivity index (χ0n) is 12.4. The van der Waals surface area contributed by atoms with Crippen molar-refractivity contribution >= 4 is 5.82 Å². The maximum atomic E-state index is 4.70. The van der Waals surface area contributed by atoms with Gasteiger partial charge < -0.3 is 10.2 Å². The van der Waals surface area contributed by atoms with Gasteiger partial charge in [-0.25, -0.2) is 4.98 Å². The van der Waals surface area contributed by atoms with Crippen LogP contribution in [-0.4, -0.2) is 30.1 Å². The Labute approximate surface area is 116 Å². The fraction of sp³-hybridized carbons (Fsp3) is 0.733. The van der Waals surface area contributed by atoms with E-state index in [1.165, 1.54) is 19.3 Å². The van der Waals surface area contributed by atoms with E-state index in [4.69, 9.17) is 4.98 Å². The predicted octanol–water partition coefficient (Wildman–Crippen LogP) is 2.46. The van der Waals surface area contributed by atoms with Gasteiger partial charge in [-0.3, -0.25) is 4.98 Å². The Morgan fingerprint density at radius 1 is 1.32 bits per heavy atom. The van der Waals surface area contributed by atoms with Crippen LogP contribution in [0.5, 0.6) is 0 Å². The van der Waals surface area contributed by atoms with Crippen LogP contribution in [0.1, 0.15) is 38.8 Å². The highest BCUT2D eigenvalue weighted by molar-refractivity contribution is 5.36. The van der Waals surface area contributed by atoms with Crippen LogP contribution in [0, 0.1) is 11.8 Å². The average molecular weight is 262 g/mol. The maximum Gasteiger partial charge on any atom is 0.147 e. The van der Waals surface area contributed by atoms with Crippen molar-refractivity contribution in [1.82, 2.24) is 15.3 Å². The van der Waals surface area contributed by atoms with Crippen LogP contribution >= 0.6 is 0 Å². The van der Waals surface area contributed by atoms with E-state index in [2.05, 4.69) is 29.0 Å². The molecule has 1 aliphatic heterocycles. The lowest BCUT2D eigenvalue weighted by Crippen LogP contribution is -2.26. The van der Waals surface area contributed by atoms with Crippen molar-refractivity contribution < 1.29 is 0 Å². The van der Waals surface area contributed by atoms with Gasteiger partial charge in [0.2, 0.25) is 0 Å². The highest BCUT2D eigenvalue weighted by Gasteiger charge is 2.20. The average Bonchev–Trinajstić information content (AvgIpc) is 2.65. The van der Waals surface area contributed by atoms with Gasteiger partial charge in [-0.05, 0) is 38.1 Å². The SMILES string of the molecule is CNCc1cncc(N2CCCC(C(C)C)CC2)n1. The van der Waals surface area contributed by atoms with E-state index in [1.54, 1.807) is 0 Å². The molecule has 1 atom stereocenters. The minimum Gasteiger partial charge on any atom is -0.355 e. The smallest absolute Gasteiger partial charge is 0.147 e. The minimum atomic E-state index is 0.781. The molecule has 0 spiro atoms. The molecule has 1 unspecified atom stereocenters. The quantitative estimate of drug-likeness (QED) is 0.905. The molecular weight excluding hydrogens is 236 g/mol. The molecular formula is C15H26N4. The summed E-state index contributed by atoms with van der Waals surface area (Å²) < 4.78 is 0. The second kappa shape index (κ2) is 6.85. The van der Waals surface area contributed by atoms with Gasteiger partial charge in [0.05, 0.1) is 11.9 Å². The molecule has 2 rings (SSSR count). The van der Waals surface area contributed by atoms with Crippen LogP contribution in [0.25, 0.3) is 0 Å². The third-order valence-corrected chi connectivity index (χ3v) is 4.07. The number of aromatic nitrogens is 2. The first-order valence-corrected chi connectivity index (χ1v) is 7.41. The fourth-order valence-electron chi connectivity index (χ4n) is 2.83. The summed E-state index contributed by atoms with van der Waals surface area (Å²) >= 11 is 0. The molecule has 0 aromatic carbocycles. The molecule has 106 valence electrons. The number of rotatable bonds is 4. The van der Waals surface area contributed by atoms with E-state index in [0.717, 1.165) is 43.0 Å². The second-order valence-electron chi connectivity index (χ2n) is 5.82. The molecule has 0 saturated carbocycles. The lowest BCUT2D eigenvalue weighted by Gasteiger charge is -2.22. The first kappa shape index (κ1) is 14.3. The number of nitrogens with zero attached hydrogens (tertiary/aromatic N) is 3. The molecule has 1 saturated heterocycles. The van der Waals surface area contributed by atoms with Crippen LogP contribution in [0.4, 0.5) is 5.82 Å². The van der Waals surface area contributed by atoms with Crippen molar-refractivity contribution in [2.75, 3.05) is 25.0 Å². The molecule has 19 heavy (non-hydrogen) atoms. The lowest BCUT2D eigenvalue weighted by molar-refractivity contribution is 0.351. The Kier molecular flexibility index (Phi) is 5.14. The minimum absolute atomic E-state index is 0.781. The van der Waals surface area contributed by atoms with Crippen LogP contribution in [0.2, 0.25) is 0 Å². The van der Waals surface area contributed by atoms with Crippen molar-refractivity contribution in [1.29, 1.82) is 0 Å². The molecule has 2 heterocycles.